The van der Waals surface area contributed by atoms with Gasteiger partial charge in [-0.05, 0) is 50.4 Å². The number of hydrogen-bond acceptors (Lipinski definition) is 11. The molecule has 4 fully saturated rings. The van der Waals surface area contributed by atoms with Gasteiger partial charge in [-0.15, -0.1) is 0 Å². The van der Waals surface area contributed by atoms with Crippen LogP contribution in [0.3, 0.4) is 0 Å². The Balaban J connectivity index is 1.11. The van der Waals surface area contributed by atoms with Gasteiger partial charge in [-0.25, -0.2) is 32.9 Å². The van der Waals surface area contributed by atoms with Gasteiger partial charge in [0.25, 0.3) is 0 Å². The largest absolute Gasteiger partial charge is 0.461 e. The van der Waals surface area contributed by atoms with E-state index >= 15 is 4.39 Å². The average molecular weight is 737 g/mol. The third kappa shape index (κ3) is 5.46. The highest BCUT2D eigenvalue weighted by molar-refractivity contribution is 7.22. The number of alkyl halides is 1. The fourth-order valence-electron chi connectivity index (χ4n) is 8.51. The number of piperazine rings is 1. The first-order chi connectivity index (χ1) is 24.7. The summed E-state index contributed by atoms with van der Waals surface area (Å²) >= 11 is 7.83. The molecule has 264 valence electrons. The number of carbonyl (C=O) groups excluding carboxylic acids is 1. The summed E-state index contributed by atoms with van der Waals surface area (Å²) in [4.78, 5) is 41.1. The van der Waals surface area contributed by atoms with Gasteiger partial charge in [-0.2, -0.15) is 9.97 Å². The van der Waals surface area contributed by atoms with E-state index in [0.717, 1.165) is 43.6 Å². The molecule has 2 bridgehead atoms. The zero-order valence-corrected chi connectivity index (χ0v) is 28.7. The number of thiazole rings is 1. The van der Waals surface area contributed by atoms with E-state index < -0.39 is 23.3 Å². The molecule has 0 aliphatic carbocycles. The lowest BCUT2D eigenvalue weighted by atomic mass is 9.95. The van der Waals surface area contributed by atoms with Gasteiger partial charge < -0.3 is 25.6 Å². The number of carbonyl (C=O) groups is 1. The number of anilines is 3. The van der Waals surface area contributed by atoms with Crippen LogP contribution >= 0.6 is 22.9 Å². The van der Waals surface area contributed by atoms with Crippen molar-refractivity contribution in [1.29, 1.82) is 0 Å². The topological polar surface area (TPSA) is 139 Å². The Morgan fingerprint density at radius 1 is 1.10 bits per heavy atom. The Labute approximate surface area is 298 Å². The van der Waals surface area contributed by atoms with E-state index in [2.05, 4.69) is 30.2 Å². The Morgan fingerprint density at radius 3 is 2.67 bits per heavy atom. The first-order valence-corrected chi connectivity index (χ1v) is 18.0. The van der Waals surface area contributed by atoms with Crippen molar-refractivity contribution in [2.45, 2.75) is 55.9 Å². The van der Waals surface area contributed by atoms with E-state index in [9.17, 15) is 13.6 Å². The van der Waals surface area contributed by atoms with Crippen molar-refractivity contribution in [3.05, 3.63) is 53.6 Å². The second-order valence-electron chi connectivity index (χ2n) is 13.7. The summed E-state index contributed by atoms with van der Waals surface area (Å²) in [5.41, 5.74) is 6.37. The predicted molar refractivity (Wildman–Crippen MR) is 188 cm³/mol. The number of amides is 2. The highest BCUT2D eigenvalue weighted by Gasteiger charge is 2.49. The van der Waals surface area contributed by atoms with Gasteiger partial charge in [0.1, 0.15) is 36.3 Å². The van der Waals surface area contributed by atoms with Crippen LogP contribution in [0.5, 0.6) is 6.01 Å². The maximum Gasteiger partial charge on any atom is 0.322 e. The van der Waals surface area contributed by atoms with Crippen molar-refractivity contribution in [2.75, 3.05) is 48.7 Å². The molecule has 51 heavy (non-hydrogen) atoms. The van der Waals surface area contributed by atoms with Gasteiger partial charge in [0.05, 0.1) is 50.9 Å². The standard InChI is InChI=1S/C34H32ClF3N10O2S/c35-23-8-22-27(26(38)25(23)21-4-5-24(37)29-28(21)43-31(39)51-29)44-32(50-15-34-6-1-7-47(34)12-17(36)9-34)45-30(22)46-13-19-2-3-20(14-46)48(19)33(49)42-18-10-40-16-41-11-18/h4-5,8,10-11,16-17,19-20H,1-3,6-7,9,12-15H2,(H2,39,43)(H,42,49)/t17-,19?,20?,34+/m1/s1. The quantitative estimate of drug-likeness (QED) is 0.212. The van der Waals surface area contributed by atoms with Crippen LogP contribution in [0.25, 0.3) is 32.2 Å². The van der Waals surface area contributed by atoms with Gasteiger partial charge in [0.2, 0.25) is 0 Å². The van der Waals surface area contributed by atoms with Crippen LogP contribution in [0, 0.1) is 11.6 Å². The van der Waals surface area contributed by atoms with Crippen molar-refractivity contribution < 1.29 is 22.7 Å². The molecular weight excluding hydrogens is 705 g/mol. The Morgan fingerprint density at radius 2 is 1.88 bits per heavy atom. The van der Waals surface area contributed by atoms with Gasteiger partial charge in [0, 0.05) is 42.6 Å². The molecular formula is C34H32ClF3N10O2S. The molecule has 5 aromatic rings. The van der Waals surface area contributed by atoms with Gasteiger partial charge in [-0.3, -0.25) is 4.90 Å². The molecule has 4 saturated heterocycles. The molecule has 7 heterocycles. The highest BCUT2D eigenvalue weighted by atomic mass is 35.5. The number of fused-ring (bicyclic) bond motifs is 5. The zero-order chi connectivity index (χ0) is 35.0. The van der Waals surface area contributed by atoms with E-state index in [1.807, 2.05) is 9.80 Å². The lowest BCUT2D eigenvalue weighted by molar-refractivity contribution is 0.107. The second kappa shape index (κ2) is 12.3. The van der Waals surface area contributed by atoms with E-state index in [-0.39, 0.29) is 67.7 Å². The molecule has 4 aliphatic rings. The molecule has 4 aliphatic heterocycles. The number of benzene rings is 2. The molecule has 2 amide bonds. The number of nitrogens with two attached hydrogens (primary N) is 1. The Bertz CT molecular complexity index is 2180. The van der Waals surface area contributed by atoms with E-state index in [4.69, 9.17) is 27.1 Å². The first kappa shape index (κ1) is 32.4. The van der Waals surface area contributed by atoms with Crippen molar-refractivity contribution in [1.82, 2.24) is 34.7 Å². The normalized spacial score (nSPS) is 24.5. The summed E-state index contributed by atoms with van der Waals surface area (Å²) in [5.74, 6) is -0.863. The number of rotatable bonds is 6. The number of aromatic nitrogens is 5. The number of nitrogens with one attached hydrogen (secondary N) is 1. The number of nitrogen functional groups attached to an aromatic ring is 1. The van der Waals surface area contributed by atoms with E-state index in [0.29, 0.717) is 42.9 Å². The molecule has 0 saturated carbocycles. The van der Waals surface area contributed by atoms with Crippen LogP contribution in [0.4, 0.5) is 34.6 Å². The number of ether oxygens (including phenoxy) is 1. The van der Waals surface area contributed by atoms with Crippen LogP contribution in [-0.2, 0) is 0 Å². The third-order valence-corrected chi connectivity index (χ3v) is 11.9. The van der Waals surface area contributed by atoms with Crippen LogP contribution in [0.15, 0.2) is 36.9 Å². The van der Waals surface area contributed by atoms with Crippen molar-refractivity contribution in [3.63, 3.8) is 0 Å². The maximum absolute atomic E-state index is 17.0. The number of hydrogen-bond donors (Lipinski definition) is 2. The highest BCUT2D eigenvalue weighted by Crippen LogP contribution is 2.45. The van der Waals surface area contributed by atoms with Crippen LogP contribution < -0.4 is 20.7 Å². The molecule has 3 N–H and O–H groups in total. The van der Waals surface area contributed by atoms with E-state index in [1.54, 1.807) is 6.07 Å². The van der Waals surface area contributed by atoms with Gasteiger partial charge >= 0.3 is 12.0 Å². The molecule has 0 radical (unpaired) electrons. The zero-order valence-electron chi connectivity index (χ0n) is 27.2. The number of nitrogens with zero attached hydrogens (tertiary/aromatic N) is 8. The summed E-state index contributed by atoms with van der Waals surface area (Å²) in [7, 11) is 0. The molecule has 17 heteroatoms. The SMILES string of the molecule is Nc1nc2c(-c3c(Cl)cc4c(N5CC6CCC(C5)N6C(=O)Nc5cncnc5)nc(OC[C@@]56CCCN5C[C@H](F)C6)nc4c3F)ccc(F)c2s1. The minimum atomic E-state index is -0.949. The van der Waals surface area contributed by atoms with Gasteiger partial charge in [-0.1, -0.05) is 22.9 Å². The van der Waals surface area contributed by atoms with Gasteiger partial charge in [0.15, 0.2) is 10.9 Å². The Kier molecular flexibility index (Phi) is 7.81. The monoisotopic (exact) mass is 736 g/mol. The molecule has 2 unspecified atom stereocenters. The maximum atomic E-state index is 17.0. The van der Waals surface area contributed by atoms with Crippen LogP contribution in [0.1, 0.15) is 32.1 Å². The molecule has 9 rings (SSSR count). The van der Waals surface area contributed by atoms with Crippen molar-refractivity contribution in [2.24, 2.45) is 0 Å². The smallest absolute Gasteiger partial charge is 0.322 e. The van der Waals surface area contributed by atoms with Crippen LogP contribution in [0.2, 0.25) is 5.02 Å². The summed E-state index contributed by atoms with van der Waals surface area (Å²) in [5, 5.41) is 3.44. The Hall–Kier alpha value is -4.54. The second-order valence-corrected chi connectivity index (χ2v) is 15.2. The summed E-state index contributed by atoms with van der Waals surface area (Å²) < 4.78 is 52.8. The molecule has 4 atom stereocenters. The summed E-state index contributed by atoms with van der Waals surface area (Å²) in [6, 6.07) is 3.66. The fourth-order valence-corrected chi connectivity index (χ4v) is 9.57. The minimum Gasteiger partial charge on any atom is -0.461 e. The lowest BCUT2D eigenvalue weighted by Crippen LogP contribution is -2.57. The van der Waals surface area contributed by atoms with E-state index in [1.165, 1.54) is 30.9 Å². The number of urea groups is 1. The fraction of sp³-hybridized carbons (Fsp3) is 0.412. The average Bonchev–Trinajstić information content (AvgIpc) is 3.84. The van der Waals surface area contributed by atoms with Crippen LogP contribution in [-0.4, -0.2) is 97.3 Å². The minimum absolute atomic E-state index is 0.00172. The summed E-state index contributed by atoms with van der Waals surface area (Å²) in [6.07, 6.45) is 7.11. The van der Waals surface area contributed by atoms with Crippen molar-refractivity contribution >= 4 is 66.7 Å². The summed E-state index contributed by atoms with van der Waals surface area (Å²) in [6.45, 7) is 2.13. The lowest BCUT2D eigenvalue weighted by Gasteiger charge is -2.41. The molecule has 3 aromatic heterocycles. The molecule has 2 aromatic carbocycles. The molecule has 0 spiro atoms. The number of halogens is 4. The molecule has 12 nitrogen and oxygen atoms in total. The predicted octanol–water partition coefficient (Wildman–Crippen LogP) is 6.05. The van der Waals surface area contributed by atoms with Crippen molar-refractivity contribution in [3.8, 4) is 17.1 Å². The first-order valence-electron chi connectivity index (χ1n) is 16.8. The third-order valence-electron chi connectivity index (χ3n) is 10.7.